The molecule has 0 radical (unpaired) electrons. The van der Waals surface area contributed by atoms with Gasteiger partial charge in [-0.15, -0.1) is 0 Å². The number of hydrogen-bond donors (Lipinski definition) is 2. The highest BCUT2D eigenvalue weighted by molar-refractivity contribution is 5.97. The van der Waals surface area contributed by atoms with Gasteiger partial charge in [0, 0.05) is 19.1 Å². The van der Waals surface area contributed by atoms with E-state index in [1.807, 2.05) is 18.2 Å². The maximum Gasteiger partial charge on any atom is 0.326 e. The van der Waals surface area contributed by atoms with Crippen molar-refractivity contribution in [1.82, 2.24) is 10.2 Å². The number of carbonyl (C=O) groups is 3. The van der Waals surface area contributed by atoms with Crippen LogP contribution in [-0.2, 0) is 14.3 Å². The van der Waals surface area contributed by atoms with Crippen LogP contribution in [0.25, 0.3) is 0 Å². The van der Waals surface area contributed by atoms with Crippen molar-refractivity contribution in [3.63, 3.8) is 0 Å². The number of carbonyl (C=O) groups excluding carboxylic acids is 2. The fourth-order valence-corrected chi connectivity index (χ4v) is 3.44. The van der Waals surface area contributed by atoms with Gasteiger partial charge in [-0.3, -0.25) is 9.59 Å². The minimum Gasteiger partial charge on any atom is -0.480 e. The lowest BCUT2D eigenvalue weighted by Gasteiger charge is -2.22. The molecule has 2 aromatic carbocycles. The van der Waals surface area contributed by atoms with E-state index in [9.17, 15) is 23.9 Å². The molecule has 1 heterocycles. The summed E-state index contributed by atoms with van der Waals surface area (Å²) >= 11 is 0. The monoisotopic (exact) mass is 430 g/mol. The van der Waals surface area contributed by atoms with Crippen LogP contribution in [0.1, 0.15) is 16.8 Å². The van der Waals surface area contributed by atoms with Crippen LogP contribution in [-0.4, -0.2) is 66.3 Å². The Morgan fingerprint density at radius 2 is 1.77 bits per heavy atom. The second-order valence-electron chi connectivity index (χ2n) is 7.29. The van der Waals surface area contributed by atoms with Gasteiger partial charge in [0.1, 0.15) is 17.5 Å². The lowest BCUT2D eigenvalue weighted by molar-refractivity contribution is -0.147. The van der Waals surface area contributed by atoms with Crippen LogP contribution >= 0.6 is 0 Å². The third-order valence-corrected chi connectivity index (χ3v) is 4.89. The second kappa shape index (κ2) is 9.57. The Hall–Kier alpha value is -3.46. The fraction of sp³-hybridized carbons (Fsp3) is 0.318. The number of likely N-dealkylation sites (tertiary alicyclic amines) is 1. The average Bonchev–Trinajstić information content (AvgIpc) is 3.11. The molecule has 1 unspecified atom stereocenters. The average molecular weight is 430 g/mol. The molecule has 1 aliphatic rings. The number of amides is 2. The Morgan fingerprint density at radius 3 is 2.39 bits per heavy atom. The minimum absolute atomic E-state index is 0.295. The van der Waals surface area contributed by atoms with E-state index in [2.05, 4.69) is 5.32 Å². The molecule has 0 aliphatic carbocycles. The largest absolute Gasteiger partial charge is 0.480 e. The standard InChI is InChI=1S/C22H23FN2O6/c1-30-14-22(23)11-18(21(28)29)25(13-22)19(26)12-24-20(27)15-7-9-17(10-8-15)31-16-5-3-2-4-6-16/h2-10,18H,11-14H2,1H3,(H,24,27)(H,28,29)/t18-,22?/m1/s1. The molecule has 0 saturated carbocycles. The zero-order valence-corrected chi connectivity index (χ0v) is 16.9. The Bertz CT molecular complexity index is 937. The van der Waals surface area contributed by atoms with Crippen molar-refractivity contribution in [2.24, 2.45) is 0 Å². The molecule has 0 spiro atoms. The van der Waals surface area contributed by atoms with Crippen LogP contribution in [0, 0.1) is 0 Å². The van der Waals surface area contributed by atoms with E-state index < -0.39 is 42.6 Å². The number of para-hydroxylation sites is 1. The van der Waals surface area contributed by atoms with Gasteiger partial charge in [0.15, 0.2) is 5.67 Å². The molecule has 31 heavy (non-hydrogen) atoms. The lowest BCUT2D eigenvalue weighted by atomic mass is 10.0. The SMILES string of the molecule is COCC1(F)C[C@H](C(=O)O)N(C(=O)CNC(=O)c2ccc(Oc3ccccc3)cc2)C1. The van der Waals surface area contributed by atoms with Gasteiger partial charge >= 0.3 is 5.97 Å². The molecule has 9 heteroatoms. The van der Waals surface area contributed by atoms with Gasteiger partial charge in [0.05, 0.1) is 19.7 Å². The first-order valence-corrected chi connectivity index (χ1v) is 9.62. The lowest BCUT2D eigenvalue weighted by Crippen LogP contribution is -2.46. The van der Waals surface area contributed by atoms with Gasteiger partial charge in [-0.1, -0.05) is 18.2 Å². The summed E-state index contributed by atoms with van der Waals surface area (Å²) in [7, 11) is 1.30. The first-order valence-electron chi connectivity index (χ1n) is 9.62. The summed E-state index contributed by atoms with van der Waals surface area (Å²) in [6, 6.07) is 14.2. The number of nitrogens with one attached hydrogen (secondary N) is 1. The number of methoxy groups -OCH3 is 1. The molecule has 1 fully saturated rings. The van der Waals surface area contributed by atoms with Crippen molar-refractivity contribution in [3.8, 4) is 11.5 Å². The van der Waals surface area contributed by atoms with Gasteiger partial charge in [-0.05, 0) is 36.4 Å². The predicted molar refractivity (Wildman–Crippen MR) is 109 cm³/mol. The molecular formula is C22H23FN2O6. The summed E-state index contributed by atoms with van der Waals surface area (Å²) in [5.41, 5.74) is -1.64. The summed E-state index contributed by atoms with van der Waals surface area (Å²) in [5, 5.41) is 11.8. The highest BCUT2D eigenvalue weighted by atomic mass is 19.1. The minimum atomic E-state index is -1.94. The predicted octanol–water partition coefficient (Wildman–Crippen LogP) is 2.25. The van der Waals surface area contributed by atoms with Gasteiger partial charge in [-0.25, -0.2) is 9.18 Å². The zero-order chi connectivity index (χ0) is 22.4. The van der Waals surface area contributed by atoms with Gasteiger partial charge in [-0.2, -0.15) is 0 Å². The van der Waals surface area contributed by atoms with Crippen LogP contribution in [0.5, 0.6) is 11.5 Å². The Morgan fingerprint density at radius 1 is 1.13 bits per heavy atom. The van der Waals surface area contributed by atoms with Crippen LogP contribution < -0.4 is 10.1 Å². The molecule has 0 aromatic heterocycles. The van der Waals surface area contributed by atoms with Crippen LogP contribution in [0.4, 0.5) is 4.39 Å². The molecule has 3 rings (SSSR count). The third-order valence-electron chi connectivity index (χ3n) is 4.89. The van der Waals surface area contributed by atoms with E-state index in [1.165, 1.54) is 7.11 Å². The first-order chi connectivity index (χ1) is 14.8. The molecule has 1 aliphatic heterocycles. The summed E-state index contributed by atoms with van der Waals surface area (Å²) in [4.78, 5) is 37.2. The van der Waals surface area contributed by atoms with E-state index in [-0.39, 0.29) is 13.0 Å². The number of alkyl halides is 1. The molecule has 2 aromatic rings. The molecule has 1 saturated heterocycles. The number of rotatable bonds is 8. The van der Waals surface area contributed by atoms with Gasteiger partial charge < -0.3 is 24.8 Å². The van der Waals surface area contributed by atoms with Gasteiger partial charge in [0.2, 0.25) is 5.91 Å². The van der Waals surface area contributed by atoms with E-state index in [4.69, 9.17) is 9.47 Å². The van der Waals surface area contributed by atoms with E-state index in [1.54, 1.807) is 36.4 Å². The van der Waals surface area contributed by atoms with E-state index in [0.29, 0.717) is 17.1 Å². The third kappa shape index (κ3) is 5.58. The molecule has 164 valence electrons. The number of hydrogen-bond acceptors (Lipinski definition) is 5. The quantitative estimate of drug-likeness (QED) is 0.666. The normalized spacial score (nSPS) is 20.3. The van der Waals surface area contributed by atoms with E-state index >= 15 is 0 Å². The van der Waals surface area contributed by atoms with Crippen LogP contribution in [0.2, 0.25) is 0 Å². The van der Waals surface area contributed by atoms with Crippen molar-refractivity contribution in [2.45, 2.75) is 18.1 Å². The topological polar surface area (TPSA) is 105 Å². The number of carboxylic acid groups (broad SMARTS) is 1. The van der Waals surface area contributed by atoms with Crippen molar-refractivity contribution in [2.75, 3.05) is 26.8 Å². The number of nitrogens with zero attached hydrogens (tertiary/aromatic N) is 1. The number of ether oxygens (including phenoxy) is 2. The fourth-order valence-electron chi connectivity index (χ4n) is 3.44. The number of carboxylic acids is 1. The van der Waals surface area contributed by atoms with Crippen molar-refractivity contribution >= 4 is 17.8 Å². The molecular weight excluding hydrogens is 407 g/mol. The highest BCUT2D eigenvalue weighted by Crippen LogP contribution is 2.31. The summed E-state index contributed by atoms with van der Waals surface area (Å²) in [5.74, 6) is -1.31. The Kier molecular flexibility index (Phi) is 6.86. The van der Waals surface area contributed by atoms with Crippen molar-refractivity contribution in [1.29, 1.82) is 0 Å². The van der Waals surface area contributed by atoms with Crippen LogP contribution in [0.3, 0.4) is 0 Å². The molecule has 2 atom stereocenters. The van der Waals surface area contributed by atoms with Gasteiger partial charge in [0.25, 0.3) is 5.91 Å². The maximum absolute atomic E-state index is 14.7. The highest BCUT2D eigenvalue weighted by Gasteiger charge is 2.49. The molecule has 8 nitrogen and oxygen atoms in total. The van der Waals surface area contributed by atoms with Crippen molar-refractivity contribution < 1.29 is 33.4 Å². The molecule has 2 N–H and O–H groups in total. The Balaban J connectivity index is 1.57. The van der Waals surface area contributed by atoms with Crippen LogP contribution in [0.15, 0.2) is 54.6 Å². The Labute approximate surface area is 178 Å². The summed E-state index contributed by atoms with van der Waals surface area (Å²) in [6.45, 7) is -1.17. The number of benzene rings is 2. The zero-order valence-electron chi connectivity index (χ0n) is 16.9. The first kappa shape index (κ1) is 22.2. The second-order valence-corrected chi connectivity index (χ2v) is 7.29. The maximum atomic E-state index is 14.7. The number of aliphatic carboxylic acids is 1. The summed E-state index contributed by atoms with van der Waals surface area (Å²) < 4.78 is 25.2. The summed E-state index contributed by atoms with van der Waals surface area (Å²) in [6.07, 6.45) is -0.362. The smallest absolute Gasteiger partial charge is 0.326 e. The molecule has 0 bridgehead atoms. The van der Waals surface area contributed by atoms with Crippen molar-refractivity contribution in [3.05, 3.63) is 60.2 Å². The number of halogens is 1. The van der Waals surface area contributed by atoms with E-state index in [0.717, 1.165) is 4.90 Å². The molecule has 2 amide bonds.